The standard InChI is InChI=1S/C28H35N3O9/c1-10-11-7-8-12(27(2,3)4)20(33)15(11)21(34)16-14(10)23(40-13(32)9-29)18-19(31(5)6)22(35)17(26(30)38)25(37)28(18,39)24(16)36/h7-8,10,14,18-19,23,33-34,37,39H,9,29H2,1-6H3,(H2,30,38)/t10-,14?,18?,19-,23-,28-/m0/s1. The van der Waals surface area contributed by atoms with E-state index in [-0.39, 0.29) is 11.3 Å². The zero-order valence-corrected chi connectivity index (χ0v) is 23.2. The van der Waals surface area contributed by atoms with Crippen molar-refractivity contribution in [2.45, 2.75) is 56.8 Å². The zero-order chi connectivity index (χ0) is 30.2. The number of Topliss-reactive ketones (excluding diaryl/α,β-unsaturated/α-hetero) is 2. The van der Waals surface area contributed by atoms with Crippen molar-refractivity contribution in [2.75, 3.05) is 20.6 Å². The summed E-state index contributed by atoms with van der Waals surface area (Å²) in [4.78, 5) is 53.9. The lowest BCUT2D eigenvalue weighted by Gasteiger charge is -2.54. The molecule has 4 rings (SSSR count). The highest BCUT2D eigenvalue weighted by Crippen LogP contribution is 2.57. The summed E-state index contributed by atoms with van der Waals surface area (Å²) < 4.78 is 5.70. The maximum Gasteiger partial charge on any atom is 0.320 e. The molecule has 0 aromatic heterocycles. The number of benzene rings is 1. The highest BCUT2D eigenvalue weighted by atomic mass is 16.5. The number of aliphatic hydroxyl groups is 3. The number of hydrogen-bond acceptors (Lipinski definition) is 11. The van der Waals surface area contributed by atoms with Gasteiger partial charge < -0.3 is 36.6 Å². The first-order valence-corrected chi connectivity index (χ1v) is 12.8. The lowest BCUT2D eigenvalue weighted by Crippen LogP contribution is -2.71. The molecule has 0 bridgehead atoms. The molecule has 12 nitrogen and oxygen atoms in total. The number of primary amides is 1. The number of carbonyl (C=O) groups is 4. The topological polar surface area (TPSA) is 214 Å². The number of phenols is 1. The van der Waals surface area contributed by atoms with Gasteiger partial charge in [0.25, 0.3) is 5.91 Å². The normalized spacial score (nSPS) is 30.2. The van der Waals surface area contributed by atoms with E-state index >= 15 is 0 Å². The number of rotatable bonds is 4. The fourth-order valence-corrected chi connectivity index (χ4v) is 6.53. The Morgan fingerprint density at radius 2 is 1.73 bits per heavy atom. The Kier molecular flexibility index (Phi) is 6.89. The van der Waals surface area contributed by atoms with Crippen LogP contribution >= 0.6 is 0 Å². The minimum atomic E-state index is -3.00. The van der Waals surface area contributed by atoms with Gasteiger partial charge in [0.15, 0.2) is 11.4 Å². The summed E-state index contributed by atoms with van der Waals surface area (Å²) in [5.74, 6) is -10.2. The van der Waals surface area contributed by atoms with Gasteiger partial charge in [0.1, 0.15) is 28.9 Å². The van der Waals surface area contributed by atoms with E-state index in [0.29, 0.717) is 11.1 Å². The highest BCUT2D eigenvalue weighted by molar-refractivity contribution is 6.24. The fraction of sp³-hybridized carbons (Fsp3) is 0.500. The molecular formula is C28H35N3O9. The van der Waals surface area contributed by atoms with Gasteiger partial charge in [0, 0.05) is 17.1 Å². The largest absolute Gasteiger partial charge is 0.508 e. The van der Waals surface area contributed by atoms with Gasteiger partial charge in [0.2, 0.25) is 5.78 Å². The summed E-state index contributed by atoms with van der Waals surface area (Å²) in [6, 6.07) is 1.95. The minimum absolute atomic E-state index is 0.0416. The number of carbonyl (C=O) groups excluding carboxylic acids is 4. The smallest absolute Gasteiger partial charge is 0.320 e. The van der Waals surface area contributed by atoms with Gasteiger partial charge in [-0.1, -0.05) is 39.8 Å². The predicted octanol–water partition coefficient (Wildman–Crippen LogP) is 0.303. The fourth-order valence-electron chi connectivity index (χ4n) is 6.53. The summed E-state index contributed by atoms with van der Waals surface area (Å²) in [5, 5.41) is 46.0. The van der Waals surface area contributed by atoms with Crippen molar-refractivity contribution >= 4 is 29.2 Å². The van der Waals surface area contributed by atoms with Crippen molar-refractivity contribution in [2.24, 2.45) is 23.3 Å². The average molecular weight is 558 g/mol. The van der Waals surface area contributed by atoms with E-state index in [1.807, 2.05) is 20.8 Å². The van der Waals surface area contributed by atoms with E-state index in [1.165, 1.54) is 19.0 Å². The summed E-state index contributed by atoms with van der Waals surface area (Å²) in [7, 11) is 2.90. The number of aromatic hydroxyl groups is 1. The molecule has 8 N–H and O–H groups in total. The summed E-state index contributed by atoms with van der Waals surface area (Å²) in [6.07, 6.45) is -1.49. The molecule has 0 aliphatic heterocycles. The third-order valence-corrected chi connectivity index (χ3v) is 8.34. The van der Waals surface area contributed by atoms with Crippen LogP contribution in [0.15, 0.2) is 29.0 Å². The van der Waals surface area contributed by atoms with Crippen LogP contribution in [0.1, 0.15) is 50.3 Å². The second kappa shape index (κ2) is 9.43. The lowest BCUT2D eigenvalue weighted by atomic mass is 9.54. The van der Waals surface area contributed by atoms with Gasteiger partial charge in [-0.3, -0.25) is 24.1 Å². The van der Waals surface area contributed by atoms with E-state index in [2.05, 4.69) is 0 Å². The van der Waals surface area contributed by atoms with Crippen LogP contribution < -0.4 is 11.5 Å². The summed E-state index contributed by atoms with van der Waals surface area (Å²) in [6.45, 7) is 6.66. The highest BCUT2D eigenvalue weighted by Gasteiger charge is 2.69. The molecular weight excluding hydrogens is 522 g/mol. The van der Waals surface area contributed by atoms with E-state index in [4.69, 9.17) is 16.2 Å². The number of phenolic OH excluding ortho intramolecular Hbond substituents is 1. The van der Waals surface area contributed by atoms with Crippen LogP contribution in [0.2, 0.25) is 0 Å². The molecule has 3 aliphatic rings. The van der Waals surface area contributed by atoms with Crippen LogP contribution in [0.25, 0.3) is 5.76 Å². The van der Waals surface area contributed by atoms with Gasteiger partial charge in [0.05, 0.1) is 24.1 Å². The maximum atomic E-state index is 14.2. The van der Waals surface area contributed by atoms with Crippen LogP contribution in [0.4, 0.5) is 0 Å². The first-order chi connectivity index (χ1) is 18.4. The molecule has 2 unspecified atom stereocenters. The first-order valence-electron chi connectivity index (χ1n) is 12.8. The van der Waals surface area contributed by atoms with Gasteiger partial charge in [-0.15, -0.1) is 0 Å². The van der Waals surface area contributed by atoms with Gasteiger partial charge in [-0.25, -0.2) is 0 Å². The van der Waals surface area contributed by atoms with Crippen LogP contribution in [-0.4, -0.2) is 87.2 Å². The number of fused-ring (bicyclic) bond motifs is 3. The Morgan fingerprint density at radius 1 is 1.12 bits per heavy atom. The molecule has 216 valence electrons. The molecule has 3 aliphatic carbocycles. The lowest BCUT2D eigenvalue weighted by molar-refractivity contribution is -0.184. The van der Waals surface area contributed by atoms with E-state index in [0.717, 1.165) is 0 Å². The number of ether oxygens (including phenoxy) is 1. The number of ketones is 2. The Hall–Kier alpha value is -3.74. The van der Waals surface area contributed by atoms with E-state index in [9.17, 15) is 39.6 Å². The Morgan fingerprint density at radius 3 is 2.23 bits per heavy atom. The van der Waals surface area contributed by atoms with Gasteiger partial charge in [-0.2, -0.15) is 0 Å². The molecule has 1 aromatic carbocycles. The van der Waals surface area contributed by atoms with Crippen LogP contribution in [0.5, 0.6) is 5.75 Å². The van der Waals surface area contributed by atoms with Crippen molar-refractivity contribution in [3.63, 3.8) is 0 Å². The van der Waals surface area contributed by atoms with Crippen molar-refractivity contribution in [3.05, 3.63) is 45.7 Å². The predicted molar refractivity (Wildman–Crippen MR) is 142 cm³/mol. The number of likely N-dealkylation sites (N-methyl/N-ethyl adjacent to an activating group) is 1. The maximum absolute atomic E-state index is 14.2. The molecule has 0 heterocycles. The second-order valence-corrected chi connectivity index (χ2v) is 11.9. The van der Waals surface area contributed by atoms with Crippen molar-refractivity contribution < 1.29 is 44.3 Å². The SMILES string of the molecule is C[C@H]1c2ccc(C(C)(C)C)c(O)c2C(O)=C2C(=O)[C@]3(O)C(O)=C(C(N)=O)C(=O)[C@@H](N(C)C)C3[C@@H](OC(=O)CN)C21. The third kappa shape index (κ3) is 3.85. The molecule has 1 saturated carbocycles. The van der Waals surface area contributed by atoms with E-state index < -0.39 is 93.6 Å². The molecule has 0 saturated heterocycles. The number of aliphatic hydroxyl groups excluding tert-OH is 2. The first kappa shape index (κ1) is 29.2. The van der Waals surface area contributed by atoms with Crippen LogP contribution in [0, 0.1) is 11.8 Å². The van der Waals surface area contributed by atoms with Crippen molar-refractivity contribution in [3.8, 4) is 5.75 Å². The Balaban J connectivity index is 2.13. The molecule has 0 radical (unpaired) electrons. The second-order valence-electron chi connectivity index (χ2n) is 11.9. The summed E-state index contributed by atoms with van der Waals surface area (Å²) in [5.41, 5.74) is 6.81. The molecule has 1 fully saturated rings. The van der Waals surface area contributed by atoms with Crippen molar-refractivity contribution in [1.29, 1.82) is 0 Å². The van der Waals surface area contributed by atoms with Gasteiger partial charge >= 0.3 is 5.97 Å². The van der Waals surface area contributed by atoms with E-state index in [1.54, 1.807) is 19.1 Å². The molecule has 40 heavy (non-hydrogen) atoms. The molecule has 0 spiro atoms. The van der Waals surface area contributed by atoms with Crippen molar-refractivity contribution in [1.82, 2.24) is 4.90 Å². The number of nitrogens with two attached hydrogens (primary N) is 2. The third-order valence-electron chi connectivity index (χ3n) is 8.34. The van der Waals surface area contributed by atoms with Crippen LogP contribution in [0.3, 0.4) is 0 Å². The number of nitrogens with zero attached hydrogens (tertiary/aromatic N) is 1. The molecule has 6 atom stereocenters. The number of hydrogen-bond donors (Lipinski definition) is 6. The molecule has 12 heteroatoms. The minimum Gasteiger partial charge on any atom is -0.508 e. The van der Waals surface area contributed by atoms with Gasteiger partial charge in [-0.05, 0) is 31.0 Å². The average Bonchev–Trinajstić information content (AvgIpc) is 2.84. The Bertz CT molecular complexity index is 1400. The molecule has 1 aromatic rings. The monoisotopic (exact) mass is 557 g/mol. The number of amides is 1. The van der Waals surface area contributed by atoms with Crippen LogP contribution in [-0.2, 0) is 29.3 Å². The zero-order valence-electron chi connectivity index (χ0n) is 23.2. The quantitative estimate of drug-likeness (QED) is 0.219. The molecule has 1 amide bonds. The Labute approximate surface area is 230 Å². The number of esters is 1. The summed E-state index contributed by atoms with van der Waals surface area (Å²) >= 11 is 0.